The lowest BCUT2D eigenvalue weighted by Gasteiger charge is -1.94. The number of carboxylic acids is 1. The molecular weight excluding hydrogens is 185 g/mol. The topological polar surface area (TPSA) is 50.2 Å². The van der Waals surface area contributed by atoms with Gasteiger partial charge in [-0.15, -0.1) is 0 Å². The second kappa shape index (κ2) is 4.38. The number of rotatable bonds is 1. The van der Waals surface area contributed by atoms with Gasteiger partial charge in [0.2, 0.25) is 0 Å². The van der Waals surface area contributed by atoms with Crippen molar-refractivity contribution in [1.82, 2.24) is 4.98 Å². The molecule has 1 aromatic heterocycles. The predicted octanol–water partition coefficient (Wildman–Crippen LogP) is 1.36. The van der Waals surface area contributed by atoms with E-state index in [0.29, 0.717) is 5.69 Å². The van der Waals surface area contributed by atoms with E-state index >= 15 is 0 Å². The third kappa shape index (κ3) is 2.87. The molecule has 72 valence electrons. The Kier molecular flexibility index (Phi) is 3.19. The fourth-order valence-electron chi connectivity index (χ4n) is 0.824. The summed E-state index contributed by atoms with van der Waals surface area (Å²) in [7, 11) is 0. The molecule has 0 amide bonds. The lowest BCUT2D eigenvalue weighted by molar-refractivity contribution is -0.135. The van der Waals surface area contributed by atoms with Crippen LogP contribution in [0.25, 0.3) is 0 Å². The monoisotopic (exact) mass is 193 g/mol. The van der Waals surface area contributed by atoms with Gasteiger partial charge in [-0.25, -0.2) is 9.37 Å². The lowest BCUT2D eigenvalue weighted by Crippen LogP contribution is -1.92. The van der Waals surface area contributed by atoms with Gasteiger partial charge in [-0.05, 0) is 25.0 Å². The Balaban J connectivity index is 2.81. The molecule has 1 aromatic rings. The highest BCUT2D eigenvalue weighted by atomic mass is 19.1. The SMILES string of the molecule is Cc1nc(C#CCC(=O)O)ccc1F. The van der Waals surface area contributed by atoms with Gasteiger partial charge in [0.1, 0.15) is 17.9 Å². The Morgan fingerprint density at radius 3 is 2.93 bits per heavy atom. The minimum absolute atomic E-state index is 0.238. The van der Waals surface area contributed by atoms with Crippen molar-refractivity contribution in [3.63, 3.8) is 0 Å². The summed E-state index contributed by atoms with van der Waals surface area (Å²) in [4.78, 5) is 14.0. The summed E-state index contributed by atoms with van der Waals surface area (Å²) >= 11 is 0. The van der Waals surface area contributed by atoms with E-state index in [4.69, 9.17) is 5.11 Å². The molecule has 0 aliphatic carbocycles. The molecule has 0 aliphatic rings. The average Bonchev–Trinajstić information content (AvgIpc) is 2.10. The molecule has 0 saturated heterocycles. The van der Waals surface area contributed by atoms with Gasteiger partial charge in [0.05, 0.1) is 5.69 Å². The molecular formula is C10H8FNO2. The summed E-state index contributed by atoms with van der Waals surface area (Å²) in [6, 6.07) is 2.67. The van der Waals surface area contributed by atoms with Crippen molar-refractivity contribution in [2.24, 2.45) is 0 Å². The van der Waals surface area contributed by atoms with E-state index < -0.39 is 11.8 Å². The summed E-state index contributed by atoms with van der Waals surface area (Å²) in [6.07, 6.45) is -0.238. The molecule has 0 radical (unpaired) electrons. The van der Waals surface area contributed by atoms with Gasteiger partial charge < -0.3 is 5.11 Å². The Hall–Kier alpha value is -1.89. The molecule has 1 heterocycles. The Morgan fingerprint density at radius 2 is 2.36 bits per heavy atom. The summed E-state index contributed by atoms with van der Waals surface area (Å²) in [6.45, 7) is 1.53. The molecule has 0 spiro atoms. The highest BCUT2D eigenvalue weighted by Crippen LogP contribution is 2.03. The molecule has 0 aliphatic heterocycles. The molecule has 14 heavy (non-hydrogen) atoms. The average molecular weight is 193 g/mol. The van der Waals surface area contributed by atoms with Gasteiger partial charge in [-0.1, -0.05) is 5.92 Å². The van der Waals surface area contributed by atoms with Gasteiger partial charge in [0.15, 0.2) is 0 Å². The number of halogens is 1. The number of aromatic nitrogens is 1. The fraction of sp³-hybridized carbons (Fsp3) is 0.200. The van der Waals surface area contributed by atoms with E-state index in [1.54, 1.807) is 0 Å². The van der Waals surface area contributed by atoms with Crippen LogP contribution in [0.5, 0.6) is 0 Å². The highest BCUT2D eigenvalue weighted by molar-refractivity contribution is 5.70. The molecule has 0 atom stereocenters. The fourth-order valence-corrected chi connectivity index (χ4v) is 0.824. The number of pyridine rings is 1. The number of carbonyl (C=O) groups is 1. The number of nitrogens with zero attached hydrogens (tertiary/aromatic N) is 1. The van der Waals surface area contributed by atoms with Crippen molar-refractivity contribution < 1.29 is 14.3 Å². The standard InChI is InChI=1S/C10H8FNO2/c1-7-9(11)6-5-8(12-7)3-2-4-10(13)14/h5-6H,4H2,1H3,(H,13,14). The maximum Gasteiger partial charge on any atom is 0.315 e. The van der Waals surface area contributed by atoms with E-state index in [-0.39, 0.29) is 12.1 Å². The second-order valence-electron chi connectivity index (χ2n) is 2.64. The van der Waals surface area contributed by atoms with Crippen molar-refractivity contribution in [3.8, 4) is 11.8 Å². The number of aryl methyl sites for hydroxylation is 1. The minimum atomic E-state index is -0.990. The Morgan fingerprint density at radius 1 is 1.64 bits per heavy atom. The number of carboxylic acid groups (broad SMARTS) is 1. The van der Waals surface area contributed by atoms with Crippen molar-refractivity contribution >= 4 is 5.97 Å². The first-order valence-corrected chi connectivity index (χ1v) is 3.93. The first-order chi connectivity index (χ1) is 6.59. The van der Waals surface area contributed by atoms with Crippen molar-refractivity contribution in [2.75, 3.05) is 0 Å². The van der Waals surface area contributed by atoms with E-state index in [0.717, 1.165) is 0 Å². The summed E-state index contributed by atoms with van der Waals surface area (Å²) in [5.41, 5.74) is 0.636. The summed E-state index contributed by atoms with van der Waals surface area (Å²) < 4.78 is 12.7. The van der Waals surface area contributed by atoms with Crippen LogP contribution in [0.2, 0.25) is 0 Å². The van der Waals surface area contributed by atoms with Crippen LogP contribution in [0, 0.1) is 24.6 Å². The Labute approximate surface area is 80.6 Å². The molecule has 0 unspecified atom stereocenters. The van der Waals surface area contributed by atoms with Crippen molar-refractivity contribution in [3.05, 3.63) is 29.3 Å². The molecule has 0 aromatic carbocycles. The smallest absolute Gasteiger partial charge is 0.315 e. The maximum absolute atomic E-state index is 12.7. The van der Waals surface area contributed by atoms with Gasteiger partial charge in [0.25, 0.3) is 0 Å². The van der Waals surface area contributed by atoms with Crippen LogP contribution in [-0.4, -0.2) is 16.1 Å². The zero-order valence-electron chi connectivity index (χ0n) is 7.54. The normalized spacial score (nSPS) is 9.00. The van der Waals surface area contributed by atoms with Gasteiger partial charge in [-0.2, -0.15) is 0 Å². The van der Waals surface area contributed by atoms with Crippen molar-refractivity contribution in [1.29, 1.82) is 0 Å². The minimum Gasteiger partial charge on any atom is -0.481 e. The number of hydrogen-bond donors (Lipinski definition) is 1. The molecule has 4 heteroatoms. The van der Waals surface area contributed by atoms with E-state index in [1.165, 1.54) is 19.1 Å². The van der Waals surface area contributed by atoms with Crippen LogP contribution >= 0.6 is 0 Å². The number of aliphatic carboxylic acids is 1. The molecule has 0 fully saturated rings. The van der Waals surface area contributed by atoms with Gasteiger partial charge in [0, 0.05) is 0 Å². The molecule has 3 nitrogen and oxygen atoms in total. The van der Waals surface area contributed by atoms with Crippen LogP contribution < -0.4 is 0 Å². The zero-order chi connectivity index (χ0) is 10.6. The van der Waals surface area contributed by atoms with E-state index in [2.05, 4.69) is 16.8 Å². The van der Waals surface area contributed by atoms with Crippen molar-refractivity contribution in [2.45, 2.75) is 13.3 Å². The molecule has 0 saturated carbocycles. The summed E-state index contributed by atoms with van der Waals surface area (Å²) in [5, 5.41) is 8.31. The second-order valence-corrected chi connectivity index (χ2v) is 2.64. The largest absolute Gasteiger partial charge is 0.481 e. The first-order valence-electron chi connectivity index (χ1n) is 3.93. The molecule has 1 N–H and O–H groups in total. The number of hydrogen-bond acceptors (Lipinski definition) is 2. The lowest BCUT2D eigenvalue weighted by atomic mass is 10.3. The maximum atomic E-state index is 12.7. The predicted molar refractivity (Wildman–Crippen MR) is 48.1 cm³/mol. The third-order valence-electron chi connectivity index (χ3n) is 1.48. The van der Waals surface area contributed by atoms with Gasteiger partial charge in [-0.3, -0.25) is 4.79 Å². The quantitative estimate of drug-likeness (QED) is 0.685. The van der Waals surface area contributed by atoms with Crippen LogP contribution in [0.15, 0.2) is 12.1 Å². The summed E-state index contributed by atoms with van der Waals surface area (Å²) in [5.74, 6) is 3.56. The van der Waals surface area contributed by atoms with E-state index in [9.17, 15) is 9.18 Å². The van der Waals surface area contributed by atoms with Crippen LogP contribution in [0.4, 0.5) is 4.39 Å². The van der Waals surface area contributed by atoms with Crippen LogP contribution in [0.3, 0.4) is 0 Å². The first kappa shape index (κ1) is 10.2. The Bertz CT molecular complexity index is 418. The third-order valence-corrected chi connectivity index (χ3v) is 1.48. The molecule has 0 bridgehead atoms. The van der Waals surface area contributed by atoms with Crippen LogP contribution in [-0.2, 0) is 4.79 Å². The van der Waals surface area contributed by atoms with Crippen LogP contribution in [0.1, 0.15) is 17.8 Å². The van der Waals surface area contributed by atoms with Gasteiger partial charge >= 0.3 is 5.97 Å². The highest BCUT2D eigenvalue weighted by Gasteiger charge is 1.97. The van der Waals surface area contributed by atoms with E-state index in [1.807, 2.05) is 0 Å². The molecule has 1 rings (SSSR count). The zero-order valence-corrected chi connectivity index (χ0v) is 7.54.